The Morgan fingerprint density at radius 2 is 1.76 bits per heavy atom. The van der Waals surface area contributed by atoms with Gasteiger partial charge in [-0.3, -0.25) is 14.3 Å². The highest BCUT2D eigenvalue weighted by molar-refractivity contribution is 7.59. The topological polar surface area (TPSA) is 74.6 Å². The molecule has 1 aromatic carbocycles. The molecule has 8 nitrogen and oxygen atoms in total. The van der Waals surface area contributed by atoms with Crippen LogP contribution in [-0.4, -0.2) is 64.2 Å². The van der Waals surface area contributed by atoms with Crippen molar-refractivity contribution in [1.82, 2.24) is 19.7 Å². The number of amides is 2. The Hall–Kier alpha value is -3.33. The van der Waals surface area contributed by atoms with Crippen molar-refractivity contribution in [3.8, 4) is 11.1 Å². The predicted molar refractivity (Wildman–Crippen MR) is 138 cm³/mol. The van der Waals surface area contributed by atoms with Gasteiger partial charge < -0.3 is 14.7 Å². The zero-order chi connectivity index (χ0) is 23.1. The Kier molecular flexibility index (Phi) is 6.65. The van der Waals surface area contributed by atoms with E-state index < -0.39 is 0 Å². The maximum Gasteiger partial charge on any atom is 0.277 e. The van der Waals surface area contributed by atoms with E-state index in [1.807, 2.05) is 57.8 Å². The summed E-state index contributed by atoms with van der Waals surface area (Å²) in [6.45, 7) is 9.16. The number of benzene rings is 1. The zero-order valence-electron chi connectivity index (χ0n) is 19.7. The Morgan fingerprint density at radius 1 is 1.06 bits per heavy atom. The molecule has 0 N–H and O–H groups in total. The first-order chi connectivity index (χ1) is 15.9. The van der Waals surface area contributed by atoms with E-state index in [9.17, 15) is 9.59 Å². The second-order valence-electron chi connectivity index (χ2n) is 8.85. The summed E-state index contributed by atoms with van der Waals surface area (Å²) in [5.41, 5.74) is 4.40. The summed E-state index contributed by atoms with van der Waals surface area (Å²) in [5, 5.41) is 4.57. The van der Waals surface area contributed by atoms with Crippen molar-refractivity contribution in [3.05, 3.63) is 60.0 Å². The van der Waals surface area contributed by atoms with Gasteiger partial charge in [0.25, 0.3) is 5.91 Å². The first-order valence-electron chi connectivity index (χ1n) is 11.4. The molecule has 0 radical (unpaired) electrons. The number of rotatable bonds is 3. The van der Waals surface area contributed by atoms with E-state index in [4.69, 9.17) is 0 Å². The summed E-state index contributed by atoms with van der Waals surface area (Å²) < 4.78 is 1.84. The summed E-state index contributed by atoms with van der Waals surface area (Å²) in [6, 6.07) is 12.1. The first kappa shape index (κ1) is 23.8. The molecule has 1 saturated heterocycles. The Labute approximate surface area is 206 Å². The molecule has 0 saturated carbocycles. The van der Waals surface area contributed by atoms with Gasteiger partial charge in [-0.15, -0.1) is 0 Å². The lowest BCUT2D eigenvalue weighted by molar-refractivity contribution is -0.129. The summed E-state index contributed by atoms with van der Waals surface area (Å²) in [6.07, 6.45) is 3.57. The van der Waals surface area contributed by atoms with Crippen LogP contribution in [0.5, 0.6) is 0 Å². The van der Waals surface area contributed by atoms with E-state index in [-0.39, 0.29) is 31.4 Å². The second-order valence-corrected chi connectivity index (χ2v) is 8.85. The molecule has 0 unspecified atom stereocenters. The number of fused-ring (bicyclic) bond motifs is 1. The highest BCUT2D eigenvalue weighted by Crippen LogP contribution is 2.33. The molecule has 1 atom stereocenters. The fourth-order valence-corrected chi connectivity index (χ4v) is 4.63. The van der Waals surface area contributed by atoms with Gasteiger partial charge in [0.05, 0.1) is 12.2 Å². The minimum atomic E-state index is -0.0436. The van der Waals surface area contributed by atoms with Gasteiger partial charge in [0.1, 0.15) is 11.5 Å². The van der Waals surface area contributed by atoms with Gasteiger partial charge >= 0.3 is 0 Å². The van der Waals surface area contributed by atoms with Crippen molar-refractivity contribution in [2.24, 2.45) is 0 Å². The number of hydrogen-bond acceptors (Lipinski definition) is 5. The molecule has 2 amide bonds. The maximum absolute atomic E-state index is 13.6. The first-order valence-corrected chi connectivity index (χ1v) is 11.4. The third-order valence-electron chi connectivity index (χ3n) is 6.56. The number of pyridine rings is 1. The molecule has 34 heavy (non-hydrogen) atoms. The largest absolute Gasteiger partial charge is 0.353 e. The van der Waals surface area contributed by atoms with Gasteiger partial charge in [-0.25, -0.2) is 4.98 Å². The van der Waals surface area contributed by atoms with Crippen LogP contribution in [0.4, 0.5) is 11.5 Å². The van der Waals surface area contributed by atoms with Crippen LogP contribution in [0.2, 0.25) is 0 Å². The van der Waals surface area contributed by atoms with Crippen LogP contribution in [0, 0.1) is 6.92 Å². The molecule has 178 valence electrons. The van der Waals surface area contributed by atoms with E-state index in [0.717, 1.165) is 41.3 Å². The molecule has 3 aromatic rings. The van der Waals surface area contributed by atoms with Gasteiger partial charge in [0.15, 0.2) is 0 Å². The Balaban J connectivity index is 0.00000274. The van der Waals surface area contributed by atoms with Gasteiger partial charge in [-0.1, -0.05) is 17.7 Å². The molecule has 0 bridgehead atoms. The van der Waals surface area contributed by atoms with E-state index in [1.54, 1.807) is 19.3 Å². The van der Waals surface area contributed by atoms with Gasteiger partial charge in [-0.05, 0) is 43.7 Å². The molecule has 2 aliphatic rings. The number of piperazine rings is 1. The number of aromatic nitrogens is 3. The maximum atomic E-state index is 13.6. The van der Waals surface area contributed by atoms with Crippen LogP contribution in [0.15, 0.2) is 48.8 Å². The number of aryl methyl sites for hydroxylation is 1. The van der Waals surface area contributed by atoms with E-state index in [2.05, 4.69) is 21.9 Å². The summed E-state index contributed by atoms with van der Waals surface area (Å²) in [5.74, 6) is 0.911. The van der Waals surface area contributed by atoms with Gasteiger partial charge in [0, 0.05) is 57.1 Å². The third kappa shape index (κ3) is 4.27. The van der Waals surface area contributed by atoms with Crippen LogP contribution in [0.25, 0.3) is 11.1 Å². The molecular formula is C25H30N6O2S. The number of carbonyl (C=O) groups excluding carboxylic acids is 2. The third-order valence-corrected chi connectivity index (χ3v) is 6.56. The highest BCUT2D eigenvalue weighted by Gasteiger charge is 2.34. The molecule has 0 spiro atoms. The zero-order valence-corrected chi connectivity index (χ0v) is 20.7. The van der Waals surface area contributed by atoms with Crippen molar-refractivity contribution in [2.45, 2.75) is 26.8 Å². The summed E-state index contributed by atoms with van der Waals surface area (Å²) >= 11 is 0. The fourth-order valence-electron chi connectivity index (χ4n) is 4.63. The lowest BCUT2D eigenvalue weighted by Gasteiger charge is -2.35. The van der Waals surface area contributed by atoms with Crippen molar-refractivity contribution in [2.75, 3.05) is 42.5 Å². The fraction of sp³-hybridized carbons (Fsp3) is 0.360. The minimum Gasteiger partial charge on any atom is -0.353 e. The smallest absolute Gasteiger partial charge is 0.277 e. The molecule has 1 fully saturated rings. The lowest BCUT2D eigenvalue weighted by atomic mass is 10.0. The van der Waals surface area contributed by atoms with Crippen LogP contribution < -0.4 is 9.80 Å². The minimum absolute atomic E-state index is 0. The average molecular weight is 479 g/mol. The average Bonchev–Trinajstić information content (AvgIpc) is 3.28. The van der Waals surface area contributed by atoms with Gasteiger partial charge in [0.2, 0.25) is 5.91 Å². The molecule has 0 aliphatic carbocycles. The SMILES string of the molecule is CC(=O)N1CCN(c2cc(-c3cnn4c3C(=O)N(c3ccc(C)cc3)C[C@@H]4C)ccn2)CC1.S. The Bertz CT molecular complexity index is 1200. The van der Waals surface area contributed by atoms with Crippen LogP contribution >= 0.6 is 13.5 Å². The highest BCUT2D eigenvalue weighted by atomic mass is 32.1. The van der Waals surface area contributed by atoms with Gasteiger partial charge in [-0.2, -0.15) is 18.6 Å². The van der Waals surface area contributed by atoms with Crippen molar-refractivity contribution < 1.29 is 9.59 Å². The molecule has 2 aliphatic heterocycles. The van der Waals surface area contributed by atoms with E-state index >= 15 is 0 Å². The summed E-state index contributed by atoms with van der Waals surface area (Å²) in [4.78, 5) is 35.7. The molecule has 2 aromatic heterocycles. The number of nitrogens with zero attached hydrogens (tertiary/aromatic N) is 6. The van der Waals surface area contributed by atoms with Crippen LogP contribution in [0.3, 0.4) is 0 Å². The molecular weight excluding hydrogens is 448 g/mol. The standard InChI is InChI=1S/C25H28N6O2.H2S/c1-17-4-6-21(7-5-17)30-16-18(2)31-24(25(30)33)22(15-27-31)20-8-9-26-23(14-20)29-12-10-28(11-13-29)19(3)32;/h4-9,14-15,18H,10-13,16H2,1-3H3;1H2/t18-;/m0./s1. The normalized spacial score (nSPS) is 17.9. The van der Waals surface area contributed by atoms with E-state index in [0.29, 0.717) is 25.3 Å². The van der Waals surface area contributed by atoms with Crippen LogP contribution in [-0.2, 0) is 4.79 Å². The van der Waals surface area contributed by atoms with Crippen molar-refractivity contribution in [3.63, 3.8) is 0 Å². The molecule has 5 rings (SSSR count). The summed E-state index contributed by atoms with van der Waals surface area (Å²) in [7, 11) is 0. The Morgan fingerprint density at radius 3 is 2.44 bits per heavy atom. The van der Waals surface area contributed by atoms with Crippen molar-refractivity contribution in [1.29, 1.82) is 0 Å². The number of anilines is 2. The molecule has 4 heterocycles. The van der Waals surface area contributed by atoms with Crippen LogP contribution in [0.1, 0.15) is 35.9 Å². The predicted octanol–water partition coefficient (Wildman–Crippen LogP) is 3.26. The molecule has 9 heteroatoms. The van der Waals surface area contributed by atoms with E-state index in [1.165, 1.54) is 0 Å². The second kappa shape index (κ2) is 9.50. The number of hydrogen-bond donors (Lipinski definition) is 0. The monoisotopic (exact) mass is 478 g/mol. The number of carbonyl (C=O) groups is 2. The quantitative estimate of drug-likeness (QED) is 0.578. The van der Waals surface area contributed by atoms with Crippen molar-refractivity contribution >= 4 is 36.8 Å². The lowest BCUT2D eigenvalue weighted by Crippen LogP contribution is -2.48.